The van der Waals surface area contributed by atoms with Crippen molar-refractivity contribution in [3.8, 4) is 0 Å². The Hall–Kier alpha value is -3.49. The van der Waals surface area contributed by atoms with Gasteiger partial charge in [0.15, 0.2) is 11.6 Å². The van der Waals surface area contributed by atoms with Gasteiger partial charge in [0.1, 0.15) is 5.56 Å². The number of nitrogens with zero attached hydrogens (tertiary/aromatic N) is 4. The summed E-state index contributed by atoms with van der Waals surface area (Å²) in [6.45, 7) is 0.268. The molecule has 0 N–H and O–H groups in total. The molecule has 0 saturated carbocycles. The molecule has 0 unspecified atom stereocenters. The first-order chi connectivity index (χ1) is 15.2. The quantitative estimate of drug-likeness (QED) is 0.443. The fraction of sp³-hybridized carbons (Fsp3) is 0.217. The van der Waals surface area contributed by atoms with Gasteiger partial charge in [-0.2, -0.15) is 13.2 Å². The van der Waals surface area contributed by atoms with E-state index in [4.69, 9.17) is 0 Å². The Morgan fingerprint density at radius 2 is 1.00 bits per heavy atom. The summed E-state index contributed by atoms with van der Waals surface area (Å²) in [6, 6.07) is 15.2. The van der Waals surface area contributed by atoms with Crippen LogP contribution in [0.3, 0.4) is 0 Å². The van der Waals surface area contributed by atoms with Gasteiger partial charge in [0.2, 0.25) is 0 Å². The minimum absolute atomic E-state index is 0.134. The second kappa shape index (κ2) is 7.01. The monoisotopic (exact) mass is 446 g/mol. The summed E-state index contributed by atoms with van der Waals surface area (Å²) in [5.74, 6) is -3.24. The molecule has 0 radical (unpaired) electrons. The van der Waals surface area contributed by atoms with Crippen LogP contribution in [0.15, 0.2) is 54.6 Å². The van der Waals surface area contributed by atoms with Crippen molar-refractivity contribution in [2.24, 2.45) is 0 Å². The van der Waals surface area contributed by atoms with Crippen molar-refractivity contribution < 1.29 is 22.0 Å². The Kier molecular flexibility index (Phi) is 4.47. The molecule has 4 nitrogen and oxygen atoms in total. The van der Waals surface area contributed by atoms with E-state index >= 15 is 8.78 Å². The molecule has 0 saturated heterocycles. The zero-order chi connectivity index (χ0) is 22.8. The first-order valence-corrected chi connectivity index (χ1v) is 9.93. The highest BCUT2D eigenvalue weighted by molar-refractivity contribution is 5.87. The second-order valence-corrected chi connectivity index (χ2v) is 7.93. The molecule has 0 atom stereocenters. The number of hydrogen-bond donors (Lipinski definition) is 0. The SMILES string of the molecule is CN1CN(c2cc(N3CN(C)c4ccccc43)c(F)c(C(F)(F)F)c2F)c2ccccc21. The molecule has 3 aromatic carbocycles. The first-order valence-electron chi connectivity index (χ1n) is 9.93. The summed E-state index contributed by atoms with van der Waals surface area (Å²) < 4.78 is 72.1. The molecule has 5 rings (SSSR count). The number of rotatable bonds is 2. The van der Waals surface area contributed by atoms with Crippen LogP contribution in [0.25, 0.3) is 0 Å². The van der Waals surface area contributed by atoms with Crippen molar-refractivity contribution >= 4 is 34.1 Å². The van der Waals surface area contributed by atoms with Gasteiger partial charge in [-0.3, -0.25) is 0 Å². The maximum absolute atomic E-state index is 15.3. The minimum atomic E-state index is -5.20. The van der Waals surface area contributed by atoms with Crippen LogP contribution in [-0.2, 0) is 6.18 Å². The zero-order valence-corrected chi connectivity index (χ0v) is 17.3. The topological polar surface area (TPSA) is 13.0 Å². The fourth-order valence-electron chi connectivity index (χ4n) is 4.42. The van der Waals surface area contributed by atoms with Gasteiger partial charge in [0.05, 0.1) is 47.5 Å². The van der Waals surface area contributed by atoms with Gasteiger partial charge in [-0.05, 0) is 30.3 Å². The third kappa shape index (κ3) is 2.95. The van der Waals surface area contributed by atoms with Gasteiger partial charge < -0.3 is 19.6 Å². The van der Waals surface area contributed by atoms with Crippen LogP contribution >= 0.6 is 0 Å². The molecule has 0 bridgehead atoms. The van der Waals surface area contributed by atoms with Crippen LogP contribution in [0, 0.1) is 11.6 Å². The van der Waals surface area contributed by atoms with E-state index in [0.29, 0.717) is 11.4 Å². The summed E-state index contributed by atoms with van der Waals surface area (Å²) in [5.41, 5.74) is 0.0754. The third-order valence-corrected chi connectivity index (χ3v) is 5.90. The zero-order valence-electron chi connectivity index (χ0n) is 17.3. The lowest BCUT2D eigenvalue weighted by molar-refractivity contribution is -0.142. The number of hydrogen-bond acceptors (Lipinski definition) is 4. The maximum atomic E-state index is 15.3. The van der Waals surface area contributed by atoms with E-state index in [2.05, 4.69) is 0 Å². The highest BCUT2D eigenvalue weighted by Gasteiger charge is 2.43. The molecular weight excluding hydrogens is 427 g/mol. The highest BCUT2D eigenvalue weighted by Crippen LogP contribution is 2.49. The average molecular weight is 446 g/mol. The van der Waals surface area contributed by atoms with Crippen molar-refractivity contribution in [2.75, 3.05) is 47.0 Å². The molecule has 0 aliphatic carbocycles. The molecule has 32 heavy (non-hydrogen) atoms. The van der Waals surface area contributed by atoms with Gasteiger partial charge in [-0.1, -0.05) is 24.3 Å². The van der Waals surface area contributed by atoms with Crippen molar-refractivity contribution in [3.63, 3.8) is 0 Å². The Labute approximate surface area is 181 Å². The van der Waals surface area contributed by atoms with Crippen molar-refractivity contribution in [1.82, 2.24) is 0 Å². The normalized spacial score (nSPS) is 15.5. The Balaban J connectivity index is 1.74. The molecule has 0 fully saturated rings. The van der Waals surface area contributed by atoms with Gasteiger partial charge >= 0.3 is 6.18 Å². The Morgan fingerprint density at radius 3 is 1.38 bits per heavy atom. The van der Waals surface area contributed by atoms with Crippen molar-refractivity contribution in [3.05, 3.63) is 71.8 Å². The molecular formula is C23H19F5N4. The summed E-state index contributed by atoms with van der Waals surface area (Å²) in [6.07, 6.45) is -5.20. The average Bonchev–Trinajstić information content (AvgIpc) is 3.25. The van der Waals surface area contributed by atoms with Crippen molar-refractivity contribution in [2.45, 2.75) is 6.18 Å². The summed E-state index contributed by atoms with van der Waals surface area (Å²) in [7, 11) is 3.52. The number of benzene rings is 3. The van der Waals surface area contributed by atoms with E-state index in [0.717, 1.165) is 11.4 Å². The van der Waals surface area contributed by atoms with E-state index in [-0.39, 0.29) is 24.7 Å². The highest BCUT2D eigenvalue weighted by atomic mass is 19.4. The molecule has 0 amide bonds. The maximum Gasteiger partial charge on any atom is 0.422 e. The van der Waals surface area contributed by atoms with Gasteiger partial charge in [-0.15, -0.1) is 0 Å². The number of alkyl halides is 3. The van der Waals surface area contributed by atoms with Crippen LogP contribution < -0.4 is 19.6 Å². The van der Waals surface area contributed by atoms with Crippen molar-refractivity contribution in [1.29, 1.82) is 0 Å². The van der Waals surface area contributed by atoms with Crippen LogP contribution in [0.2, 0.25) is 0 Å². The lowest BCUT2D eigenvalue weighted by Gasteiger charge is -2.27. The lowest BCUT2D eigenvalue weighted by atomic mass is 10.1. The molecule has 0 aromatic heterocycles. The van der Waals surface area contributed by atoms with Crippen LogP contribution in [0.4, 0.5) is 56.1 Å². The first kappa shape index (κ1) is 20.4. The predicted molar refractivity (Wildman–Crippen MR) is 115 cm³/mol. The van der Waals surface area contributed by atoms with Crippen LogP contribution in [0.1, 0.15) is 5.56 Å². The van der Waals surface area contributed by atoms with Gasteiger partial charge in [0, 0.05) is 14.1 Å². The summed E-state index contributed by atoms with van der Waals surface area (Å²) in [5, 5.41) is 0. The number of halogens is 5. The molecule has 9 heteroatoms. The standard InChI is InChI=1S/C23H19F5N4/c1-29-12-31(16-9-5-3-7-14(16)29)18-11-19(22(25)20(21(18)24)23(26,27)28)32-13-30(2)15-8-4-6-10-17(15)32/h3-11H,12-13H2,1-2H3. The summed E-state index contributed by atoms with van der Waals surface area (Å²) >= 11 is 0. The van der Waals surface area contributed by atoms with E-state index < -0.39 is 23.4 Å². The van der Waals surface area contributed by atoms with Crippen LogP contribution in [0.5, 0.6) is 0 Å². The number of anilines is 6. The number of fused-ring (bicyclic) bond motifs is 2. The molecule has 2 aliphatic rings. The molecule has 0 spiro atoms. The third-order valence-electron chi connectivity index (χ3n) is 5.90. The predicted octanol–water partition coefficient (Wildman–Crippen LogP) is 6.07. The fourth-order valence-corrected chi connectivity index (χ4v) is 4.42. The van der Waals surface area contributed by atoms with Gasteiger partial charge in [-0.25, -0.2) is 8.78 Å². The van der Waals surface area contributed by atoms with E-state index in [1.807, 2.05) is 0 Å². The minimum Gasteiger partial charge on any atom is -0.355 e. The van der Waals surface area contributed by atoms with E-state index in [1.165, 1.54) is 15.9 Å². The lowest BCUT2D eigenvalue weighted by Crippen LogP contribution is -2.28. The number of para-hydroxylation sites is 4. The molecule has 2 heterocycles. The Morgan fingerprint density at radius 1 is 0.625 bits per heavy atom. The van der Waals surface area contributed by atoms with Crippen LogP contribution in [-0.4, -0.2) is 27.4 Å². The molecule has 2 aliphatic heterocycles. The largest absolute Gasteiger partial charge is 0.422 e. The second-order valence-electron chi connectivity index (χ2n) is 7.93. The molecule has 166 valence electrons. The smallest absolute Gasteiger partial charge is 0.355 e. The van der Waals surface area contributed by atoms with E-state index in [1.54, 1.807) is 72.4 Å². The Bertz CT molecular complexity index is 1130. The van der Waals surface area contributed by atoms with Gasteiger partial charge in [0.25, 0.3) is 0 Å². The summed E-state index contributed by atoms with van der Waals surface area (Å²) in [4.78, 5) is 6.47. The molecule has 3 aromatic rings. The van der Waals surface area contributed by atoms with E-state index in [9.17, 15) is 13.2 Å².